The Morgan fingerprint density at radius 3 is 2.48 bits per heavy atom. The van der Waals surface area contributed by atoms with Gasteiger partial charge in [-0.15, -0.1) is 0 Å². The number of hydrogen-bond acceptors (Lipinski definition) is 7. The summed E-state index contributed by atoms with van der Waals surface area (Å²) >= 11 is 0. The summed E-state index contributed by atoms with van der Waals surface area (Å²) in [5, 5.41) is 25.5. The number of fused-ring (bicyclic) bond motifs is 1. The van der Waals surface area contributed by atoms with Crippen molar-refractivity contribution in [3.8, 4) is 17.9 Å². The van der Waals surface area contributed by atoms with Gasteiger partial charge >= 0.3 is 12.1 Å². The fraction of sp³-hybridized carbons (Fsp3) is 0.520. The van der Waals surface area contributed by atoms with Crippen molar-refractivity contribution >= 4 is 29.3 Å². The molecule has 0 radical (unpaired) electrons. The van der Waals surface area contributed by atoms with Crippen molar-refractivity contribution in [3.63, 3.8) is 0 Å². The molecule has 15 heteroatoms. The molecule has 3 aliphatic rings. The molecule has 1 aromatic rings. The number of ether oxygens (including phenoxy) is 1. The van der Waals surface area contributed by atoms with Crippen molar-refractivity contribution in [1.29, 1.82) is 10.5 Å². The Morgan fingerprint density at radius 2 is 1.93 bits per heavy atom. The monoisotopic (exact) mass is 564 g/mol. The molecule has 2 aliphatic heterocycles. The largest absolute Gasteiger partial charge is 0.473 e. The number of carbonyl (C=O) groups excluding carboxylic acids is 4. The van der Waals surface area contributed by atoms with Crippen LogP contribution in [0.25, 0.3) is 0 Å². The van der Waals surface area contributed by atoms with Gasteiger partial charge in [-0.2, -0.15) is 23.7 Å². The number of rotatable bonds is 6. The molecule has 1 saturated carbocycles. The van der Waals surface area contributed by atoms with Gasteiger partial charge < -0.3 is 25.6 Å². The highest BCUT2D eigenvalue weighted by molar-refractivity contribution is 6.03. The second kappa shape index (κ2) is 9.97. The van der Waals surface area contributed by atoms with Crippen molar-refractivity contribution in [1.82, 2.24) is 15.5 Å². The molecular formula is C25H24F4N6O5. The minimum Gasteiger partial charge on any atom is -0.473 e. The van der Waals surface area contributed by atoms with Crippen LogP contribution in [0.15, 0.2) is 12.1 Å². The molecule has 0 aromatic heterocycles. The average molecular weight is 564 g/mol. The first-order valence-corrected chi connectivity index (χ1v) is 12.2. The maximum Gasteiger partial charge on any atom is 0.471 e. The SMILES string of the molecule is CNC(=O)C(C)(NC(=O)C(F)(F)F)[C@H](CC1CC1)C(=O)N1C[C@@]2(C[C@H]1C#N)Oc1cc(F)cc(C#N)c1NC2=O. The van der Waals surface area contributed by atoms with E-state index in [2.05, 4.69) is 10.6 Å². The standard InChI is InChI=1S/C25H24F4N6O5/c1-23(20(37)32-2,34-22(39)25(27,28)29)16(5-12-3-4-12)19(36)35-11-24(8-15(35)10-31)21(38)33-18-13(9-30)6-14(26)7-17(18)40-24/h6-7,12,15-16H,3-5,8,11H2,1-2H3,(H,32,37)(H,33,38)(H,34,39)/t15-,16+,23?,24+/m0/s1. The van der Waals surface area contributed by atoms with Crippen molar-refractivity contribution in [2.24, 2.45) is 11.8 Å². The second-order valence-corrected chi connectivity index (χ2v) is 10.3. The van der Waals surface area contributed by atoms with Crippen LogP contribution < -0.4 is 20.7 Å². The molecule has 4 atom stereocenters. The van der Waals surface area contributed by atoms with Crippen LogP contribution in [0.5, 0.6) is 5.75 Å². The van der Waals surface area contributed by atoms with Crippen LogP contribution in [0.4, 0.5) is 23.2 Å². The summed E-state index contributed by atoms with van der Waals surface area (Å²) in [6, 6.07) is 4.11. The first-order valence-electron chi connectivity index (χ1n) is 12.2. The van der Waals surface area contributed by atoms with E-state index in [-0.39, 0.29) is 35.8 Å². The van der Waals surface area contributed by atoms with Gasteiger partial charge in [0.15, 0.2) is 0 Å². The van der Waals surface area contributed by atoms with E-state index in [1.165, 1.54) is 0 Å². The lowest BCUT2D eigenvalue weighted by atomic mass is 9.79. The lowest BCUT2D eigenvalue weighted by Gasteiger charge is -2.39. The van der Waals surface area contributed by atoms with Gasteiger partial charge in [-0.25, -0.2) is 4.39 Å². The van der Waals surface area contributed by atoms with Gasteiger partial charge in [0.25, 0.3) is 5.91 Å². The van der Waals surface area contributed by atoms with Crippen LogP contribution in [-0.4, -0.2) is 65.5 Å². The molecule has 1 saturated heterocycles. The Labute approximate surface area is 225 Å². The summed E-state index contributed by atoms with van der Waals surface area (Å²) in [5.74, 6) is -7.96. The quantitative estimate of drug-likeness (QED) is 0.441. The van der Waals surface area contributed by atoms with Crippen LogP contribution >= 0.6 is 0 Å². The number of likely N-dealkylation sites (tertiary alicyclic amines) is 1. The Bertz CT molecular complexity index is 1370. The third-order valence-corrected chi connectivity index (χ3v) is 7.49. The number of halogens is 4. The van der Waals surface area contributed by atoms with E-state index in [1.54, 1.807) is 11.4 Å². The number of amides is 4. The van der Waals surface area contributed by atoms with E-state index in [0.717, 1.165) is 31.0 Å². The van der Waals surface area contributed by atoms with Crippen LogP contribution in [0.1, 0.15) is 38.2 Å². The van der Waals surface area contributed by atoms with Crippen molar-refractivity contribution in [3.05, 3.63) is 23.5 Å². The van der Waals surface area contributed by atoms with Crippen LogP contribution in [0, 0.1) is 40.3 Å². The lowest BCUT2D eigenvalue weighted by molar-refractivity contribution is -0.177. The molecule has 212 valence electrons. The minimum absolute atomic E-state index is 0.0742. The molecule has 40 heavy (non-hydrogen) atoms. The normalized spacial score (nSPS) is 23.9. The first-order chi connectivity index (χ1) is 18.7. The zero-order valence-electron chi connectivity index (χ0n) is 21.3. The molecular weight excluding hydrogens is 540 g/mol. The topological polar surface area (TPSA) is 164 Å². The van der Waals surface area contributed by atoms with Gasteiger partial charge in [0, 0.05) is 19.5 Å². The number of benzene rings is 1. The van der Waals surface area contributed by atoms with Gasteiger partial charge in [0.05, 0.1) is 24.1 Å². The van der Waals surface area contributed by atoms with Gasteiger partial charge in [-0.3, -0.25) is 19.2 Å². The molecule has 2 fully saturated rings. The summed E-state index contributed by atoms with van der Waals surface area (Å²) in [7, 11) is 1.13. The Kier molecular flexibility index (Phi) is 7.13. The molecule has 11 nitrogen and oxygen atoms in total. The zero-order valence-corrected chi connectivity index (χ0v) is 21.3. The number of anilines is 1. The number of nitrogens with zero attached hydrogens (tertiary/aromatic N) is 3. The predicted octanol–water partition coefficient (Wildman–Crippen LogP) is 1.49. The third kappa shape index (κ3) is 4.99. The van der Waals surface area contributed by atoms with Crippen molar-refractivity contribution < 1.29 is 41.5 Å². The van der Waals surface area contributed by atoms with Crippen molar-refractivity contribution in [2.75, 3.05) is 18.9 Å². The fourth-order valence-corrected chi connectivity index (χ4v) is 5.16. The van der Waals surface area contributed by atoms with Gasteiger partial charge in [0.1, 0.15) is 34.9 Å². The molecule has 2 heterocycles. The highest BCUT2D eigenvalue weighted by Crippen LogP contribution is 2.44. The molecule has 1 aliphatic carbocycles. The number of likely N-dealkylation sites (N-methyl/N-ethyl adjacent to an activating group) is 1. The molecule has 4 amide bonds. The Morgan fingerprint density at radius 1 is 1.25 bits per heavy atom. The zero-order chi connectivity index (χ0) is 29.6. The average Bonchev–Trinajstić information content (AvgIpc) is 3.65. The number of alkyl halides is 3. The summed E-state index contributed by atoms with van der Waals surface area (Å²) in [5.41, 5.74) is -4.57. The van der Waals surface area contributed by atoms with E-state index >= 15 is 0 Å². The van der Waals surface area contributed by atoms with Gasteiger partial charge in [-0.05, 0) is 25.3 Å². The Hall–Kier alpha value is -4.40. The maximum absolute atomic E-state index is 14.1. The van der Waals surface area contributed by atoms with E-state index < -0.39 is 65.3 Å². The van der Waals surface area contributed by atoms with E-state index in [1.807, 2.05) is 6.07 Å². The lowest BCUT2D eigenvalue weighted by Crippen LogP contribution is -2.66. The van der Waals surface area contributed by atoms with Crippen LogP contribution in [0.2, 0.25) is 0 Å². The molecule has 0 bridgehead atoms. The Balaban J connectivity index is 1.71. The first kappa shape index (κ1) is 28.6. The molecule has 1 spiro atoms. The number of nitrogens with one attached hydrogen (secondary N) is 3. The van der Waals surface area contributed by atoms with E-state index in [0.29, 0.717) is 12.8 Å². The third-order valence-electron chi connectivity index (χ3n) is 7.49. The van der Waals surface area contributed by atoms with Crippen LogP contribution in [0.3, 0.4) is 0 Å². The van der Waals surface area contributed by atoms with Crippen molar-refractivity contribution in [2.45, 2.75) is 56.0 Å². The molecule has 1 unspecified atom stereocenters. The maximum atomic E-state index is 14.1. The highest BCUT2D eigenvalue weighted by atomic mass is 19.4. The summed E-state index contributed by atoms with van der Waals surface area (Å²) in [6.45, 7) is 0.436. The fourth-order valence-electron chi connectivity index (χ4n) is 5.16. The van der Waals surface area contributed by atoms with Gasteiger partial charge in [-0.1, -0.05) is 12.8 Å². The van der Waals surface area contributed by atoms with Gasteiger partial charge in [0.2, 0.25) is 17.4 Å². The number of nitriles is 2. The predicted molar refractivity (Wildman–Crippen MR) is 126 cm³/mol. The minimum atomic E-state index is -5.35. The van der Waals surface area contributed by atoms with E-state index in [4.69, 9.17) is 4.74 Å². The van der Waals surface area contributed by atoms with E-state index in [9.17, 15) is 47.3 Å². The molecule has 4 rings (SSSR count). The number of hydrogen-bond donors (Lipinski definition) is 3. The summed E-state index contributed by atoms with van der Waals surface area (Å²) in [6.07, 6.45) is -4.53. The highest BCUT2D eigenvalue weighted by Gasteiger charge is 2.59. The molecule has 3 N–H and O–H groups in total. The smallest absolute Gasteiger partial charge is 0.471 e. The summed E-state index contributed by atoms with van der Waals surface area (Å²) < 4.78 is 59.5. The second-order valence-electron chi connectivity index (χ2n) is 10.3. The number of carbonyl (C=O) groups is 4. The van der Waals surface area contributed by atoms with Crippen LogP contribution in [-0.2, 0) is 19.2 Å². The molecule has 1 aromatic carbocycles. The summed E-state index contributed by atoms with van der Waals surface area (Å²) in [4.78, 5) is 53.0.